The maximum Gasteiger partial charge on any atom is 0.341 e. The molecule has 1 aliphatic heterocycles. The average molecular weight is 556 g/mol. The lowest BCUT2D eigenvalue weighted by molar-refractivity contribution is 0.0600. The van der Waals surface area contributed by atoms with Crippen LogP contribution >= 0.6 is 51.3 Å². The number of esters is 1. The van der Waals surface area contributed by atoms with Gasteiger partial charge in [-0.05, 0) is 35.7 Å². The molecular formula is C23H21BrCl2N2O3S. The van der Waals surface area contributed by atoms with Crippen LogP contribution in [0.2, 0.25) is 5.02 Å². The summed E-state index contributed by atoms with van der Waals surface area (Å²) in [4.78, 5) is 28.9. The van der Waals surface area contributed by atoms with E-state index < -0.39 is 5.97 Å². The van der Waals surface area contributed by atoms with Gasteiger partial charge in [-0.3, -0.25) is 9.69 Å². The maximum atomic E-state index is 12.9. The van der Waals surface area contributed by atoms with Crippen molar-refractivity contribution in [2.24, 2.45) is 0 Å². The second kappa shape index (κ2) is 10.8. The lowest BCUT2D eigenvalue weighted by atomic mass is 10.0. The highest BCUT2D eigenvalue weighted by Crippen LogP contribution is 2.38. The molecule has 9 heteroatoms. The molecule has 0 saturated heterocycles. The fraction of sp³-hybridized carbons (Fsp3) is 0.217. The van der Waals surface area contributed by atoms with Gasteiger partial charge in [0.2, 0.25) is 0 Å². The molecule has 0 fully saturated rings. The zero-order chi connectivity index (χ0) is 22.0. The van der Waals surface area contributed by atoms with Crippen molar-refractivity contribution in [3.8, 4) is 0 Å². The number of amides is 1. The molecule has 0 atom stereocenters. The molecule has 0 aliphatic carbocycles. The van der Waals surface area contributed by atoms with Gasteiger partial charge in [-0.2, -0.15) is 0 Å². The largest absolute Gasteiger partial charge is 0.465 e. The molecule has 168 valence electrons. The summed E-state index contributed by atoms with van der Waals surface area (Å²) in [6.45, 7) is 2.38. The number of methoxy groups -OCH3 is 1. The lowest BCUT2D eigenvalue weighted by Crippen LogP contribution is -2.29. The van der Waals surface area contributed by atoms with Crippen molar-refractivity contribution in [3.63, 3.8) is 0 Å². The fourth-order valence-electron chi connectivity index (χ4n) is 3.68. The van der Waals surface area contributed by atoms with E-state index in [9.17, 15) is 9.59 Å². The number of thiophene rings is 1. The summed E-state index contributed by atoms with van der Waals surface area (Å²) in [7, 11) is 1.35. The summed E-state index contributed by atoms with van der Waals surface area (Å²) >= 11 is 11.0. The Morgan fingerprint density at radius 2 is 1.97 bits per heavy atom. The third-order valence-electron chi connectivity index (χ3n) is 5.17. The van der Waals surface area contributed by atoms with Crippen molar-refractivity contribution in [2.45, 2.75) is 19.5 Å². The Labute approximate surface area is 210 Å². The van der Waals surface area contributed by atoms with Gasteiger partial charge in [0.1, 0.15) is 5.00 Å². The number of hydrogen-bond donors (Lipinski definition) is 1. The number of carbonyl (C=O) groups excluding carboxylic acids is 2. The maximum absolute atomic E-state index is 12.9. The van der Waals surface area contributed by atoms with Crippen molar-refractivity contribution < 1.29 is 14.3 Å². The van der Waals surface area contributed by atoms with Crippen molar-refractivity contribution in [1.29, 1.82) is 0 Å². The van der Waals surface area contributed by atoms with Crippen LogP contribution in [0.25, 0.3) is 0 Å². The number of carbonyl (C=O) groups is 2. The molecule has 1 N–H and O–H groups in total. The van der Waals surface area contributed by atoms with Crippen LogP contribution in [0, 0.1) is 0 Å². The fourth-order valence-corrected chi connectivity index (χ4v) is 5.52. The van der Waals surface area contributed by atoms with Crippen molar-refractivity contribution in [3.05, 3.63) is 85.2 Å². The van der Waals surface area contributed by atoms with Crippen LogP contribution in [0.3, 0.4) is 0 Å². The second-order valence-corrected chi connectivity index (χ2v) is 9.65. The number of rotatable bonds is 5. The molecule has 0 bridgehead atoms. The highest BCUT2D eigenvalue weighted by atomic mass is 79.9. The van der Waals surface area contributed by atoms with E-state index in [1.54, 1.807) is 18.2 Å². The number of fused-ring (bicyclic) bond motifs is 1. The zero-order valence-electron chi connectivity index (χ0n) is 17.2. The topological polar surface area (TPSA) is 58.6 Å². The Morgan fingerprint density at radius 3 is 2.69 bits per heavy atom. The van der Waals surface area contributed by atoms with Gasteiger partial charge in [-0.15, -0.1) is 23.7 Å². The van der Waals surface area contributed by atoms with Gasteiger partial charge in [0.15, 0.2) is 0 Å². The molecule has 2 heterocycles. The van der Waals surface area contributed by atoms with Gasteiger partial charge in [-0.25, -0.2) is 4.79 Å². The SMILES string of the molecule is COC(=O)c1c(NC(=O)c2cc(Br)ccc2Cl)sc2c1CCN(Cc1ccccc1)C2.Cl. The normalized spacial score (nSPS) is 13.1. The number of halogens is 3. The number of nitrogens with zero attached hydrogens (tertiary/aromatic N) is 1. The van der Waals surface area contributed by atoms with E-state index in [0.717, 1.165) is 34.4 Å². The van der Waals surface area contributed by atoms with Crippen molar-refractivity contribution in [2.75, 3.05) is 19.0 Å². The van der Waals surface area contributed by atoms with Gasteiger partial charge in [0, 0.05) is 29.0 Å². The standard InChI is InChI=1S/C23H20BrClN2O3S.ClH/c1-30-23(29)20-16-9-10-27(12-14-5-3-2-4-6-14)13-19(16)31-22(20)26-21(28)17-11-15(24)7-8-18(17)25;/h2-8,11H,9-10,12-13H2,1H3,(H,26,28);1H. The van der Waals surface area contributed by atoms with E-state index in [4.69, 9.17) is 16.3 Å². The number of benzene rings is 2. The molecule has 1 aliphatic rings. The zero-order valence-corrected chi connectivity index (χ0v) is 21.2. The van der Waals surface area contributed by atoms with Crippen molar-refractivity contribution in [1.82, 2.24) is 4.90 Å². The van der Waals surface area contributed by atoms with Crippen LogP contribution in [-0.2, 0) is 24.2 Å². The lowest BCUT2D eigenvalue weighted by Gasteiger charge is -2.27. The summed E-state index contributed by atoms with van der Waals surface area (Å²) in [6.07, 6.45) is 0.719. The van der Waals surface area contributed by atoms with E-state index in [1.165, 1.54) is 24.0 Å². The molecule has 32 heavy (non-hydrogen) atoms. The average Bonchev–Trinajstić information content (AvgIpc) is 3.12. The third-order valence-corrected chi connectivity index (χ3v) is 7.13. The van der Waals surface area contributed by atoms with E-state index in [1.807, 2.05) is 18.2 Å². The molecule has 0 radical (unpaired) electrons. The quantitative estimate of drug-likeness (QED) is 0.382. The number of nitrogens with one attached hydrogen (secondary N) is 1. The monoisotopic (exact) mass is 554 g/mol. The highest BCUT2D eigenvalue weighted by molar-refractivity contribution is 9.10. The van der Waals surface area contributed by atoms with Gasteiger partial charge in [-0.1, -0.05) is 57.9 Å². The van der Waals surface area contributed by atoms with Crippen LogP contribution in [0.5, 0.6) is 0 Å². The van der Waals surface area contributed by atoms with Crippen LogP contribution in [0.15, 0.2) is 53.0 Å². The smallest absolute Gasteiger partial charge is 0.341 e. The molecule has 1 amide bonds. The number of hydrogen-bond acceptors (Lipinski definition) is 5. The summed E-state index contributed by atoms with van der Waals surface area (Å²) in [5.41, 5.74) is 2.98. The number of ether oxygens (including phenoxy) is 1. The van der Waals surface area contributed by atoms with Crippen molar-refractivity contribution >= 4 is 68.2 Å². The van der Waals surface area contributed by atoms with Gasteiger partial charge in [0.25, 0.3) is 5.91 Å². The van der Waals surface area contributed by atoms with Crippen LogP contribution < -0.4 is 5.32 Å². The minimum absolute atomic E-state index is 0. The molecule has 2 aromatic carbocycles. The first-order chi connectivity index (χ1) is 15.0. The minimum atomic E-state index is -0.440. The molecule has 5 nitrogen and oxygen atoms in total. The first-order valence-corrected chi connectivity index (χ1v) is 11.7. The first-order valence-electron chi connectivity index (χ1n) is 9.71. The van der Waals surface area contributed by atoms with E-state index in [0.29, 0.717) is 27.7 Å². The summed E-state index contributed by atoms with van der Waals surface area (Å²) in [6, 6.07) is 15.4. The molecular weight excluding hydrogens is 535 g/mol. The number of anilines is 1. The van der Waals surface area contributed by atoms with E-state index in [2.05, 4.69) is 38.3 Å². The third kappa shape index (κ3) is 5.35. The van der Waals surface area contributed by atoms with Gasteiger partial charge in [0.05, 0.1) is 23.3 Å². The predicted octanol–water partition coefficient (Wildman–Crippen LogP) is 6.18. The summed E-state index contributed by atoms with van der Waals surface area (Å²) in [5.74, 6) is -0.805. The Bertz CT molecular complexity index is 1140. The van der Waals surface area contributed by atoms with Crippen LogP contribution in [0.4, 0.5) is 5.00 Å². The predicted molar refractivity (Wildman–Crippen MR) is 134 cm³/mol. The second-order valence-electron chi connectivity index (χ2n) is 7.22. The summed E-state index contributed by atoms with van der Waals surface area (Å²) in [5, 5.41) is 3.73. The molecule has 1 aromatic heterocycles. The molecule has 3 aromatic rings. The van der Waals surface area contributed by atoms with E-state index in [-0.39, 0.29) is 18.3 Å². The molecule has 0 saturated carbocycles. The van der Waals surface area contributed by atoms with Crippen LogP contribution in [-0.4, -0.2) is 30.4 Å². The summed E-state index contributed by atoms with van der Waals surface area (Å²) < 4.78 is 5.77. The Morgan fingerprint density at radius 1 is 1.22 bits per heavy atom. The first kappa shape index (κ1) is 24.7. The highest BCUT2D eigenvalue weighted by Gasteiger charge is 2.29. The minimum Gasteiger partial charge on any atom is -0.465 e. The molecule has 4 rings (SSSR count). The van der Waals surface area contributed by atoms with E-state index >= 15 is 0 Å². The Balaban J connectivity index is 0.00000289. The molecule has 0 spiro atoms. The van der Waals surface area contributed by atoms with Gasteiger partial charge >= 0.3 is 5.97 Å². The Kier molecular flexibility index (Phi) is 8.36. The molecule has 0 unspecified atom stereocenters. The van der Waals surface area contributed by atoms with Crippen LogP contribution in [0.1, 0.15) is 36.7 Å². The van der Waals surface area contributed by atoms with Gasteiger partial charge < -0.3 is 10.1 Å². The Hall–Kier alpha value is -1.90.